The first kappa shape index (κ1) is 13.5. The number of hydrogen-bond donors (Lipinski definition) is 2. The summed E-state index contributed by atoms with van der Waals surface area (Å²) in [5.74, 6) is -0.923. The maximum Gasteiger partial charge on any atom is 0.336 e. The van der Waals surface area contributed by atoms with Crippen LogP contribution < -0.4 is 5.73 Å². The summed E-state index contributed by atoms with van der Waals surface area (Å²) in [6, 6.07) is 1.21. The second-order valence-corrected chi connectivity index (χ2v) is 7.29. The molecule has 0 amide bonds. The van der Waals surface area contributed by atoms with Crippen LogP contribution in [0.15, 0.2) is 15.7 Å². The molecule has 18 heavy (non-hydrogen) atoms. The van der Waals surface area contributed by atoms with Gasteiger partial charge in [-0.2, -0.15) is 4.31 Å². The Morgan fingerprint density at radius 2 is 2.33 bits per heavy atom. The van der Waals surface area contributed by atoms with Crippen molar-refractivity contribution in [1.82, 2.24) is 4.31 Å². The normalized spacial score (nSPS) is 21.3. The van der Waals surface area contributed by atoms with Gasteiger partial charge in [-0.15, -0.1) is 11.3 Å². The van der Waals surface area contributed by atoms with Crippen LogP contribution in [0, 0.1) is 5.92 Å². The Hall–Kier alpha value is -0.960. The van der Waals surface area contributed by atoms with Gasteiger partial charge in [-0.05, 0) is 24.9 Å². The highest BCUT2D eigenvalue weighted by molar-refractivity contribution is 7.91. The minimum absolute atomic E-state index is 0.00754. The third-order valence-corrected chi connectivity index (χ3v) is 6.28. The Morgan fingerprint density at radius 1 is 1.61 bits per heavy atom. The van der Waals surface area contributed by atoms with E-state index in [9.17, 15) is 13.2 Å². The van der Waals surface area contributed by atoms with E-state index in [1.54, 1.807) is 0 Å². The van der Waals surface area contributed by atoms with Crippen LogP contribution in [0.2, 0.25) is 0 Å². The molecule has 2 rings (SSSR count). The lowest BCUT2D eigenvalue weighted by molar-refractivity contribution is 0.0697. The molecule has 3 N–H and O–H groups in total. The Balaban J connectivity index is 2.23. The van der Waals surface area contributed by atoms with E-state index in [0.717, 1.165) is 17.8 Å². The van der Waals surface area contributed by atoms with Crippen LogP contribution in [0.1, 0.15) is 16.8 Å². The van der Waals surface area contributed by atoms with Crippen molar-refractivity contribution in [3.8, 4) is 0 Å². The highest BCUT2D eigenvalue weighted by atomic mass is 32.2. The van der Waals surface area contributed by atoms with E-state index in [-0.39, 0.29) is 15.7 Å². The molecule has 1 aromatic rings. The van der Waals surface area contributed by atoms with Crippen molar-refractivity contribution in [2.75, 3.05) is 19.6 Å². The summed E-state index contributed by atoms with van der Waals surface area (Å²) in [6.07, 6.45) is 0.757. The summed E-state index contributed by atoms with van der Waals surface area (Å²) in [7, 11) is -3.56. The quantitative estimate of drug-likeness (QED) is 0.836. The lowest BCUT2D eigenvalue weighted by Gasteiger charge is -2.14. The predicted octanol–water partition coefficient (Wildman–Crippen LogP) is 0.416. The smallest absolute Gasteiger partial charge is 0.336 e. The summed E-state index contributed by atoms with van der Waals surface area (Å²) >= 11 is 0.939. The monoisotopic (exact) mass is 290 g/mol. The number of aromatic carboxylic acids is 1. The third kappa shape index (κ3) is 2.41. The van der Waals surface area contributed by atoms with Crippen LogP contribution in [-0.2, 0) is 10.0 Å². The number of nitrogens with zero attached hydrogens (tertiary/aromatic N) is 1. The van der Waals surface area contributed by atoms with Crippen LogP contribution in [0.25, 0.3) is 0 Å². The molecule has 2 heterocycles. The Morgan fingerprint density at radius 3 is 2.83 bits per heavy atom. The van der Waals surface area contributed by atoms with Gasteiger partial charge in [0.2, 0.25) is 0 Å². The molecule has 0 bridgehead atoms. The number of carbonyl (C=O) groups is 1. The first-order valence-corrected chi connectivity index (χ1v) is 7.79. The van der Waals surface area contributed by atoms with Gasteiger partial charge < -0.3 is 10.8 Å². The van der Waals surface area contributed by atoms with Gasteiger partial charge in [0.15, 0.2) is 0 Å². The second-order valence-electron chi connectivity index (χ2n) is 4.21. The number of carboxylic acids is 1. The maximum absolute atomic E-state index is 12.2. The Bertz CT molecular complexity index is 552. The number of hydrogen-bond acceptors (Lipinski definition) is 5. The van der Waals surface area contributed by atoms with Crippen molar-refractivity contribution in [3.05, 3.63) is 17.0 Å². The molecule has 1 fully saturated rings. The van der Waals surface area contributed by atoms with Crippen LogP contribution in [0.5, 0.6) is 0 Å². The van der Waals surface area contributed by atoms with E-state index < -0.39 is 16.0 Å². The van der Waals surface area contributed by atoms with Crippen molar-refractivity contribution in [2.45, 2.75) is 10.6 Å². The lowest BCUT2D eigenvalue weighted by atomic mass is 10.1. The molecule has 1 aromatic heterocycles. The summed E-state index contributed by atoms with van der Waals surface area (Å²) < 4.78 is 25.9. The van der Waals surface area contributed by atoms with E-state index in [1.807, 2.05) is 0 Å². The second kappa shape index (κ2) is 4.96. The first-order valence-electron chi connectivity index (χ1n) is 5.47. The van der Waals surface area contributed by atoms with E-state index in [1.165, 1.54) is 15.8 Å². The largest absolute Gasteiger partial charge is 0.478 e. The molecule has 1 unspecified atom stereocenters. The van der Waals surface area contributed by atoms with Crippen LogP contribution >= 0.6 is 11.3 Å². The molecule has 0 spiro atoms. The van der Waals surface area contributed by atoms with Gasteiger partial charge in [0, 0.05) is 18.5 Å². The number of carboxylic acid groups (broad SMARTS) is 1. The average Bonchev–Trinajstić information content (AvgIpc) is 2.98. The van der Waals surface area contributed by atoms with Gasteiger partial charge in [-0.25, -0.2) is 13.2 Å². The van der Waals surface area contributed by atoms with E-state index >= 15 is 0 Å². The number of rotatable bonds is 4. The zero-order chi connectivity index (χ0) is 13.3. The average molecular weight is 290 g/mol. The highest BCUT2D eigenvalue weighted by Gasteiger charge is 2.33. The molecular formula is C10H14N2O4S2. The van der Waals surface area contributed by atoms with Crippen LogP contribution in [0.3, 0.4) is 0 Å². The summed E-state index contributed by atoms with van der Waals surface area (Å²) in [4.78, 5) is 10.7. The molecule has 0 aliphatic carbocycles. The summed E-state index contributed by atoms with van der Waals surface area (Å²) in [6.45, 7) is 1.33. The number of nitrogens with two attached hydrogens (primary N) is 1. The lowest BCUT2D eigenvalue weighted by Crippen LogP contribution is -2.29. The molecule has 8 heteroatoms. The van der Waals surface area contributed by atoms with E-state index in [2.05, 4.69) is 0 Å². The minimum Gasteiger partial charge on any atom is -0.478 e. The molecule has 1 atom stereocenters. The molecule has 1 aliphatic heterocycles. The fourth-order valence-corrected chi connectivity index (χ4v) is 4.74. The summed E-state index contributed by atoms with van der Waals surface area (Å²) in [5, 5.41) is 10.1. The molecule has 100 valence electrons. The van der Waals surface area contributed by atoms with Crippen molar-refractivity contribution < 1.29 is 18.3 Å². The zero-order valence-electron chi connectivity index (χ0n) is 9.57. The van der Waals surface area contributed by atoms with Crippen molar-refractivity contribution in [3.63, 3.8) is 0 Å². The topological polar surface area (TPSA) is 101 Å². The molecule has 0 saturated carbocycles. The fraction of sp³-hybridized carbons (Fsp3) is 0.500. The Labute approximate surface area is 109 Å². The Kier molecular flexibility index (Phi) is 3.71. The van der Waals surface area contributed by atoms with Crippen LogP contribution in [0.4, 0.5) is 0 Å². The van der Waals surface area contributed by atoms with E-state index in [0.29, 0.717) is 19.6 Å². The maximum atomic E-state index is 12.2. The molecule has 6 nitrogen and oxygen atoms in total. The molecule has 1 saturated heterocycles. The SMILES string of the molecule is NCC1CCN(S(=O)(=O)c2cc(C(=O)O)cs2)C1. The minimum atomic E-state index is -3.56. The zero-order valence-corrected chi connectivity index (χ0v) is 11.2. The van der Waals surface area contributed by atoms with Gasteiger partial charge in [0.1, 0.15) is 4.21 Å². The third-order valence-electron chi connectivity index (χ3n) is 3.00. The molecular weight excluding hydrogens is 276 g/mol. The predicted molar refractivity (Wildman–Crippen MR) is 67.2 cm³/mol. The standard InChI is InChI=1S/C10H14N2O4S2/c11-4-7-1-2-12(5-7)18(15,16)9-3-8(6-17-9)10(13)14/h3,6-7H,1-2,4-5,11H2,(H,13,14). The molecule has 0 aromatic carbocycles. The van der Waals surface area contributed by atoms with Crippen molar-refractivity contribution in [1.29, 1.82) is 0 Å². The summed E-state index contributed by atoms with van der Waals surface area (Å²) in [5.41, 5.74) is 5.53. The van der Waals surface area contributed by atoms with Crippen molar-refractivity contribution >= 4 is 27.3 Å². The van der Waals surface area contributed by atoms with Gasteiger partial charge in [-0.3, -0.25) is 0 Å². The number of thiophene rings is 1. The van der Waals surface area contributed by atoms with Crippen molar-refractivity contribution in [2.24, 2.45) is 11.7 Å². The fourth-order valence-electron chi connectivity index (χ4n) is 1.90. The highest BCUT2D eigenvalue weighted by Crippen LogP contribution is 2.28. The van der Waals surface area contributed by atoms with E-state index in [4.69, 9.17) is 10.8 Å². The van der Waals surface area contributed by atoms with Gasteiger partial charge >= 0.3 is 5.97 Å². The van der Waals surface area contributed by atoms with Crippen LogP contribution in [-0.4, -0.2) is 43.4 Å². The molecule has 1 aliphatic rings. The van der Waals surface area contributed by atoms with Gasteiger partial charge in [0.25, 0.3) is 10.0 Å². The first-order chi connectivity index (χ1) is 8.45. The molecule has 0 radical (unpaired) electrons. The van der Waals surface area contributed by atoms with Gasteiger partial charge in [0.05, 0.1) is 5.56 Å². The van der Waals surface area contributed by atoms with Gasteiger partial charge in [-0.1, -0.05) is 0 Å². The number of sulfonamides is 1.